The summed E-state index contributed by atoms with van der Waals surface area (Å²) in [6.45, 7) is 3.17. The van der Waals surface area contributed by atoms with Crippen molar-refractivity contribution in [1.82, 2.24) is 4.90 Å². The van der Waals surface area contributed by atoms with E-state index >= 15 is 0 Å². The van der Waals surface area contributed by atoms with Crippen molar-refractivity contribution in [3.05, 3.63) is 58.6 Å². The summed E-state index contributed by atoms with van der Waals surface area (Å²) >= 11 is 12.0. The quantitative estimate of drug-likeness (QED) is 0.689. The number of sulfonamides is 1. The Morgan fingerprint density at radius 2 is 1.71 bits per heavy atom. The zero-order chi connectivity index (χ0) is 20.3. The molecule has 3 rings (SSSR count). The third kappa shape index (κ3) is 4.80. The lowest BCUT2D eigenvalue weighted by atomic mass is 9.99. The molecule has 1 aliphatic rings. The molecular weight excluding hydrogens is 419 g/mol. The maximum Gasteiger partial charge on any atom is 0.264 e. The first-order chi connectivity index (χ1) is 13.3. The number of rotatable bonds is 5. The molecule has 2 aromatic rings. The van der Waals surface area contributed by atoms with Crippen LogP contribution in [0.15, 0.2) is 53.4 Å². The topological polar surface area (TPSA) is 57.7 Å². The third-order valence-electron chi connectivity index (χ3n) is 4.91. The summed E-state index contributed by atoms with van der Waals surface area (Å²) in [4.78, 5) is 14.7. The molecule has 150 valence electrons. The average molecular weight is 441 g/mol. The van der Waals surface area contributed by atoms with Crippen molar-refractivity contribution in [3.8, 4) is 0 Å². The summed E-state index contributed by atoms with van der Waals surface area (Å²) in [5.74, 6) is 0.357. The Morgan fingerprint density at radius 1 is 1.07 bits per heavy atom. The smallest absolute Gasteiger partial charge is 0.264 e. The molecule has 1 amide bonds. The monoisotopic (exact) mass is 440 g/mol. The van der Waals surface area contributed by atoms with Crippen LogP contribution in [-0.4, -0.2) is 38.9 Å². The Morgan fingerprint density at radius 3 is 2.32 bits per heavy atom. The molecule has 0 unspecified atom stereocenters. The van der Waals surface area contributed by atoms with Crippen LogP contribution in [0.2, 0.25) is 10.0 Å². The maximum atomic E-state index is 13.3. The minimum absolute atomic E-state index is 0.0666. The first kappa shape index (κ1) is 21.0. The average Bonchev–Trinajstić information content (AvgIpc) is 2.66. The molecule has 8 heteroatoms. The number of hydrogen-bond acceptors (Lipinski definition) is 3. The van der Waals surface area contributed by atoms with Gasteiger partial charge in [-0.2, -0.15) is 0 Å². The zero-order valence-corrected chi connectivity index (χ0v) is 17.8. The molecule has 0 radical (unpaired) electrons. The van der Waals surface area contributed by atoms with Gasteiger partial charge in [-0.25, -0.2) is 8.42 Å². The third-order valence-corrected chi connectivity index (χ3v) is 7.19. The van der Waals surface area contributed by atoms with Gasteiger partial charge in [-0.1, -0.05) is 36.2 Å². The van der Waals surface area contributed by atoms with E-state index in [1.165, 1.54) is 24.3 Å². The van der Waals surface area contributed by atoms with Crippen LogP contribution in [-0.2, 0) is 14.8 Å². The molecule has 0 spiro atoms. The van der Waals surface area contributed by atoms with Crippen molar-refractivity contribution < 1.29 is 13.2 Å². The molecule has 2 aromatic carbocycles. The molecule has 1 aliphatic heterocycles. The second-order valence-corrected chi connectivity index (χ2v) is 9.74. The minimum Gasteiger partial charge on any atom is -0.341 e. The normalized spacial score (nSPS) is 15.5. The van der Waals surface area contributed by atoms with E-state index in [9.17, 15) is 13.2 Å². The molecule has 0 N–H and O–H groups in total. The SMILES string of the molecule is CC1CCN(C(=O)CN(c2cccc(Cl)c2)S(=O)(=O)c2ccc(Cl)cc2)CC1. The summed E-state index contributed by atoms with van der Waals surface area (Å²) in [5.41, 5.74) is 0.348. The highest BCUT2D eigenvalue weighted by atomic mass is 35.5. The summed E-state index contributed by atoms with van der Waals surface area (Å²) in [5, 5.41) is 0.833. The van der Waals surface area contributed by atoms with Crippen LogP contribution in [0.3, 0.4) is 0 Å². The van der Waals surface area contributed by atoms with E-state index in [4.69, 9.17) is 23.2 Å². The number of amides is 1. The molecule has 28 heavy (non-hydrogen) atoms. The first-order valence-corrected chi connectivity index (χ1v) is 11.3. The second kappa shape index (κ2) is 8.72. The number of likely N-dealkylation sites (tertiary alicyclic amines) is 1. The molecule has 0 aromatic heterocycles. The van der Waals surface area contributed by atoms with Crippen LogP contribution in [0.1, 0.15) is 19.8 Å². The first-order valence-electron chi connectivity index (χ1n) is 9.09. The Balaban J connectivity index is 1.93. The Labute approximate surface area is 175 Å². The molecule has 0 aliphatic carbocycles. The van der Waals surface area contributed by atoms with Crippen LogP contribution in [0.25, 0.3) is 0 Å². The van der Waals surface area contributed by atoms with E-state index < -0.39 is 10.0 Å². The Kier molecular flexibility index (Phi) is 6.53. The predicted molar refractivity (Wildman–Crippen MR) is 112 cm³/mol. The van der Waals surface area contributed by atoms with Crippen molar-refractivity contribution >= 4 is 44.8 Å². The number of carbonyl (C=O) groups excluding carboxylic acids is 1. The van der Waals surface area contributed by atoms with Gasteiger partial charge >= 0.3 is 0 Å². The fourth-order valence-corrected chi connectivity index (χ4v) is 4.88. The van der Waals surface area contributed by atoms with Gasteiger partial charge in [-0.15, -0.1) is 0 Å². The lowest BCUT2D eigenvalue weighted by Gasteiger charge is -2.32. The van der Waals surface area contributed by atoms with Gasteiger partial charge in [0.25, 0.3) is 10.0 Å². The standard InChI is InChI=1S/C20H22Cl2N2O3S/c1-15-9-11-23(12-10-15)20(25)14-24(18-4-2-3-17(22)13-18)28(26,27)19-7-5-16(21)6-8-19/h2-8,13,15H,9-12,14H2,1H3. The predicted octanol–water partition coefficient (Wildman–Crippen LogP) is 4.45. The highest BCUT2D eigenvalue weighted by molar-refractivity contribution is 7.92. The van der Waals surface area contributed by atoms with Crippen LogP contribution in [0.5, 0.6) is 0 Å². The number of piperidine rings is 1. The Bertz CT molecular complexity index is 940. The molecule has 0 atom stereocenters. The van der Waals surface area contributed by atoms with E-state index in [-0.39, 0.29) is 17.3 Å². The van der Waals surface area contributed by atoms with Crippen molar-refractivity contribution in [2.24, 2.45) is 5.92 Å². The number of nitrogens with zero attached hydrogens (tertiary/aromatic N) is 2. The number of halogens is 2. The lowest BCUT2D eigenvalue weighted by Crippen LogP contribution is -2.45. The number of hydrogen-bond donors (Lipinski definition) is 0. The Hall–Kier alpha value is -1.76. The van der Waals surface area contributed by atoms with E-state index in [1.54, 1.807) is 29.2 Å². The molecular formula is C20H22Cl2N2O3S. The largest absolute Gasteiger partial charge is 0.341 e. The molecule has 0 bridgehead atoms. The van der Waals surface area contributed by atoms with Gasteiger partial charge in [0.2, 0.25) is 5.91 Å². The zero-order valence-electron chi connectivity index (χ0n) is 15.5. The highest BCUT2D eigenvalue weighted by Crippen LogP contribution is 2.27. The summed E-state index contributed by atoms with van der Waals surface area (Å²) in [6.07, 6.45) is 1.85. The van der Waals surface area contributed by atoms with Gasteiger partial charge in [0.15, 0.2) is 0 Å². The summed E-state index contributed by atoms with van der Waals surface area (Å²) in [7, 11) is -3.96. The van der Waals surface area contributed by atoms with Crippen molar-refractivity contribution in [2.75, 3.05) is 23.9 Å². The number of carbonyl (C=O) groups is 1. The molecule has 0 saturated carbocycles. The van der Waals surface area contributed by atoms with Gasteiger partial charge in [-0.05, 0) is 61.2 Å². The fourth-order valence-electron chi connectivity index (χ4n) is 3.16. The second-order valence-electron chi connectivity index (χ2n) is 7.01. The number of anilines is 1. The molecule has 1 saturated heterocycles. The van der Waals surface area contributed by atoms with Crippen molar-refractivity contribution in [3.63, 3.8) is 0 Å². The van der Waals surface area contributed by atoms with Crippen LogP contribution < -0.4 is 4.31 Å². The molecule has 5 nitrogen and oxygen atoms in total. The van der Waals surface area contributed by atoms with Crippen molar-refractivity contribution in [2.45, 2.75) is 24.7 Å². The lowest BCUT2D eigenvalue weighted by molar-refractivity contribution is -0.130. The molecule has 1 fully saturated rings. The van der Waals surface area contributed by atoms with Gasteiger partial charge < -0.3 is 4.90 Å². The van der Waals surface area contributed by atoms with Gasteiger partial charge in [0.1, 0.15) is 6.54 Å². The number of benzene rings is 2. The van der Waals surface area contributed by atoms with Crippen LogP contribution in [0.4, 0.5) is 5.69 Å². The summed E-state index contributed by atoms with van der Waals surface area (Å²) < 4.78 is 27.7. The van der Waals surface area contributed by atoms with Gasteiger partial charge in [0, 0.05) is 23.1 Å². The highest BCUT2D eigenvalue weighted by Gasteiger charge is 2.30. The summed E-state index contributed by atoms with van der Waals surface area (Å²) in [6, 6.07) is 12.4. The van der Waals surface area contributed by atoms with Crippen LogP contribution in [0, 0.1) is 5.92 Å². The van der Waals surface area contributed by atoms with E-state index in [0.29, 0.717) is 34.7 Å². The van der Waals surface area contributed by atoms with Crippen LogP contribution >= 0.6 is 23.2 Å². The van der Waals surface area contributed by atoms with Gasteiger partial charge in [0.05, 0.1) is 10.6 Å². The van der Waals surface area contributed by atoms with E-state index in [0.717, 1.165) is 17.1 Å². The fraction of sp³-hybridized carbons (Fsp3) is 0.350. The maximum absolute atomic E-state index is 13.3. The minimum atomic E-state index is -3.96. The van der Waals surface area contributed by atoms with E-state index in [1.807, 2.05) is 0 Å². The van der Waals surface area contributed by atoms with E-state index in [2.05, 4.69) is 6.92 Å². The molecule has 1 heterocycles. The van der Waals surface area contributed by atoms with Gasteiger partial charge in [-0.3, -0.25) is 9.10 Å². The van der Waals surface area contributed by atoms with Crippen molar-refractivity contribution in [1.29, 1.82) is 0 Å².